The zero-order valence-corrected chi connectivity index (χ0v) is 11.8. The largest absolute Gasteiger partial charge is 0.396 e. The average molecular weight is 355 g/mol. The lowest BCUT2D eigenvalue weighted by molar-refractivity contribution is -0.117. The highest BCUT2D eigenvalue weighted by Gasteiger charge is 2.39. The van der Waals surface area contributed by atoms with E-state index < -0.39 is 33.6 Å². The molecule has 2 rings (SSSR count). The van der Waals surface area contributed by atoms with Crippen LogP contribution in [0.5, 0.6) is 0 Å². The Morgan fingerprint density at radius 3 is 2.58 bits per heavy atom. The van der Waals surface area contributed by atoms with E-state index in [9.17, 15) is 21.5 Å². The van der Waals surface area contributed by atoms with Gasteiger partial charge in [-0.15, -0.1) is 3.89 Å². The fourth-order valence-electron chi connectivity index (χ4n) is 1.89. The maximum Gasteiger partial charge on any atom is 0.307 e. The van der Waals surface area contributed by atoms with Crippen LogP contribution in [0.3, 0.4) is 0 Å². The van der Waals surface area contributed by atoms with Gasteiger partial charge in [-0.25, -0.2) is 4.39 Å². The smallest absolute Gasteiger partial charge is 0.307 e. The summed E-state index contributed by atoms with van der Waals surface area (Å²) in [4.78, 5) is 12.7. The number of carbonyl (C=O) groups excluding carboxylic acids is 1. The molecule has 1 unspecified atom stereocenters. The van der Waals surface area contributed by atoms with E-state index in [2.05, 4.69) is 15.9 Å². The molecule has 1 aromatic rings. The summed E-state index contributed by atoms with van der Waals surface area (Å²) in [5.41, 5.74) is 5.82. The van der Waals surface area contributed by atoms with Crippen molar-refractivity contribution < 1.29 is 21.5 Å². The molecule has 104 valence electrons. The molecular formula is C10H9BrF2N2O3S. The molecule has 0 bridgehead atoms. The minimum atomic E-state index is -4.82. The topological polar surface area (TPSA) is 80.5 Å². The Morgan fingerprint density at radius 1 is 1.42 bits per heavy atom. The van der Waals surface area contributed by atoms with Gasteiger partial charge in [-0.1, -0.05) is 0 Å². The molecule has 1 fully saturated rings. The maximum atomic E-state index is 13.3. The van der Waals surface area contributed by atoms with Crippen LogP contribution in [0, 0.1) is 5.82 Å². The van der Waals surface area contributed by atoms with Crippen molar-refractivity contribution in [3.05, 3.63) is 22.4 Å². The number of nitrogen functional groups attached to an aromatic ring is 1. The third-order valence-corrected chi connectivity index (χ3v) is 4.62. The first-order chi connectivity index (χ1) is 8.70. The number of rotatable bonds is 2. The highest BCUT2D eigenvalue weighted by atomic mass is 79.9. The number of nitrogens with zero attached hydrogens (tertiary/aromatic N) is 1. The van der Waals surface area contributed by atoms with Crippen LogP contribution in [0.1, 0.15) is 6.42 Å². The van der Waals surface area contributed by atoms with E-state index in [0.717, 1.165) is 17.0 Å². The number of amides is 1. The van der Waals surface area contributed by atoms with Gasteiger partial charge in [0.1, 0.15) is 11.1 Å². The summed E-state index contributed by atoms with van der Waals surface area (Å²) in [6, 6.07) is 2.12. The minimum absolute atomic E-state index is 0.0306. The molecule has 9 heteroatoms. The van der Waals surface area contributed by atoms with Crippen molar-refractivity contribution in [2.24, 2.45) is 0 Å². The molecule has 1 atom stereocenters. The quantitative estimate of drug-likeness (QED) is 0.645. The fourth-order valence-corrected chi connectivity index (χ4v) is 2.98. The van der Waals surface area contributed by atoms with Gasteiger partial charge < -0.3 is 10.6 Å². The minimum Gasteiger partial charge on any atom is -0.396 e. The molecule has 19 heavy (non-hydrogen) atoms. The van der Waals surface area contributed by atoms with Crippen molar-refractivity contribution in [1.82, 2.24) is 0 Å². The molecule has 1 aliphatic rings. The number of carbonyl (C=O) groups is 1. The lowest BCUT2D eigenvalue weighted by Gasteiger charge is -2.19. The first kappa shape index (κ1) is 14.2. The molecule has 1 aromatic carbocycles. The van der Waals surface area contributed by atoms with Gasteiger partial charge in [-0.3, -0.25) is 4.79 Å². The van der Waals surface area contributed by atoms with Crippen molar-refractivity contribution >= 4 is 43.4 Å². The Morgan fingerprint density at radius 2 is 2.05 bits per heavy atom. The molecule has 0 aliphatic carbocycles. The van der Waals surface area contributed by atoms with Crippen molar-refractivity contribution in [1.29, 1.82) is 0 Å². The highest BCUT2D eigenvalue weighted by Crippen LogP contribution is 2.35. The standard InChI is InChI=1S/C10H9BrF2N2O3S/c11-7-1-5(12)2-8(10(7)14)15-4-6(3-9(15)16)19(13,17)18/h1-2,6H,3-4,14H2. The van der Waals surface area contributed by atoms with Crippen LogP contribution in [0.15, 0.2) is 16.6 Å². The van der Waals surface area contributed by atoms with Crippen LogP contribution in [0.4, 0.5) is 19.7 Å². The second-order valence-corrected chi connectivity index (χ2v) is 6.60. The van der Waals surface area contributed by atoms with Gasteiger partial charge in [-0.05, 0) is 28.1 Å². The van der Waals surface area contributed by atoms with Gasteiger partial charge in [0.05, 0.1) is 11.4 Å². The zero-order valence-electron chi connectivity index (χ0n) is 9.44. The van der Waals surface area contributed by atoms with Crippen molar-refractivity contribution in [2.75, 3.05) is 17.2 Å². The molecule has 1 amide bonds. The molecule has 1 aliphatic heterocycles. The Bertz CT molecular complexity index is 650. The molecule has 5 nitrogen and oxygen atoms in total. The number of halogens is 3. The number of hydrogen-bond donors (Lipinski definition) is 1. The highest BCUT2D eigenvalue weighted by molar-refractivity contribution is 9.10. The van der Waals surface area contributed by atoms with E-state index in [-0.39, 0.29) is 22.4 Å². The third-order valence-electron chi connectivity index (χ3n) is 2.85. The summed E-state index contributed by atoms with van der Waals surface area (Å²) in [5, 5.41) is -1.44. The summed E-state index contributed by atoms with van der Waals surface area (Å²) in [6.07, 6.45) is -0.480. The van der Waals surface area contributed by atoms with Gasteiger partial charge in [0.25, 0.3) is 0 Å². The van der Waals surface area contributed by atoms with Crippen molar-refractivity contribution in [3.63, 3.8) is 0 Å². The number of anilines is 2. The fraction of sp³-hybridized carbons (Fsp3) is 0.300. The Balaban J connectivity index is 2.41. The molecule has 0 aromatic heterocycles. The van der Waals surface area contributed by atoms with Crippen molar-refractivity contribution in [3.8, 4) is 0 Å². The first-order valence-corrected chi connectivity index (χ1v) is 7.42. The Labute approximate surface area is 116 Å². The van der Waals surface area contributed by atoms with E-state index in [1.807, 2.05) is 0 Å². The number of benzene rings is 1. The van der Waals surface area contributed by atoms with E-state index in [1.54, 1.807) is 0 Å². The molecule has 2 N–H and O–H groups in total. The molecule has 1 saturated heterocycles. The predicted octanol–water partition coefficient (Wildman–Crippen LogP) is 1.57. The lowest BCUT2D eigenvalue weighted by atomic mass is 10.2. The van der Waals surface area contributed by atoms with Crippen LogP contribution in [0.2, 0.25) is 0 Å². The summed E-state index contributed by atoms with van der Waals surface area (Å²) < 4.78 is 48.1. The number of hydrogen-bond acceptors (Lipinski definition) is 4. The molecule has 0 saturated carbocycles. The summed E-state index contributed by atoms with van der Waals surface area (Å²) >= 11 is 3.02. The average Bonchev–Trinajstić information content (AvgIpc) is 2.65. The van der Waals surface area contributed by atoms with Gasteiger partial charge in [-0.2, -0.15) is 8.42 Å². The van der Waals surface area contributed by atoms with Gasteiger partial charge in [0, 0.05) is 17.4 Å². The SMILES string of the molecule is Nc1c(Br)cc(F)cc1N1CC(S(=O)(=O)F)CC1=O. The lowest BCUT2D eigenvalue weighted by Crippen LogP contribution is -2.27. The van der Waals surface area contributed by atoms with E-state index in [0.29, 0.717) is 0 Å². The van der Waals surface area contributed by atoms with Crippen LogP contribution < -0.4 is 10.6 Å². The van der Waals surface area contributed by atoms with Gasteiger partial charge in [0.15, 0.2) is 0 Å². The first-order valence-electron chi connectivity index (χ1n) is 5.18. The van der Waals surface area contributed by atoms with Crippen LogP contribution in [-0.4, -0.2) is 26.1 Å². The van der Waals surface area contributed by atoms with E-state index in [4.69, 9.17) is 5.73 Å². The summed E-state index contributed by atoms with van der Waals surface area (Å²) in [5.74, 6) is -1.26. The summed E-state index contributed by atoms with van der Waals surface area (Å²) in [7, 11) is -4.82. The van der Waals surface area contributed by atoms with Gasteiger partial charge in [0.2, 0.25) is 5.91 Å². The van der Waals surface area contributed by atoms with Crippen LogP contribution >= 0.6 is 15.9 Å². The predicted molar refractivity (Wildman–Crippen MR) is 69.3 cm³/mol. The monoisotopic (exact) mass is 354 g/mol. The zero-order chi connectivity index (χ0) is 14.4. The second-order valence-electron chi connectivity index (χ2n) is 4.13. The second kappa shape index (κ2) is 4.71. The van der Waals surface area contributed by atoms with E-state index >= 15 is 0 Å². The van der Waals surface area contributed by atoms with Crippen molar-refractivity contribution in [2.45, 2.75) is 11.7 Å². The molecule has 0 radical (unpaired) electrons. The maximum absolute atomic E-state index is 13.3. The third kappa shape index (κ3) is 2.71. The Hall–Kier alpha value is -1.22. The molecular weight excluding hydrogens is 346 g/mol. The molecule has 0 spiro atoms. The van der Waals surface area contributed by atoms with E-state index in [1.165, 1.54) is 0 Å². The molecule has 1 heterocycles. The van der Waals surface area contributed by atoms with Crippen LogP contribution in [-0.2, 0) is 15.0 Å². The van der Waals surface area contributed by atoms with Crippen LogP contribution in [0.25, 0.3) is 0 Å². The Kier molecular flexibility index (Phi) is 3.52. The normalized spacial score (nSPS) is 20.1. The van der Waals surface area contributed by atoms with Gasteiger partial charge >= 0.3 is 10.2 Å². The number of nitrogens with two attached hydrogens (primary N) is 1. The summed E-state index contributed by atoms with van der Waals surface area (Å²) in [6.45, 7) is -0.377.